The summed E-state index contributed by atoms with van der Waals surface area (Å²) in [5, 5.41) is 8.83. The van der Waals surface area contributed by atoms with Crippen LogP contribution in [-0.2, 0) is 9.31 Å². The molecule has 0 unspecified atom stereocenters. The van der Waals surface area contributed by atoms with Crippen LogP contribution >= 0.6 is 0 Å². The molecule has 102 valence electrons. The van der Waals surface area contributed by atoms with Crippen molar-refractivity contribution in [3.63, 3.8) is 0 Å². The summed E-state index contributed by atoms with van der Waals surface area (Å²) in [7, 11) is -0.437. The lowest BCUT2D eigenvalue weighted by Crippen LogP contribution is -2.46. The SMILES string of the molecule is CC(C)(C)OB(OC(C)(C)C)c1ccc(C#N)cc1. The predicted molar refractivity (Wildman–Crippen MR) is 78.2 cm³/mol. The van der Waals surface area contributed by atoms with E-state index in [2.05, 4.69) is 6.07 Å². The summed E-state index contributed by atoms with van der Waals surface area (Å²) >= 11 is 0. The summed E-state index contributed by atoms with van der Waals surface area (Å²) in [6.45, 7) is 12.0. The average Bonchev–Trinajstić information content (AvgIpc) is 2.24. The predicted octanol–water partition coefficient (Wildman–Crippen LogP) is 2.88. The normalized spacial score (nSPS) is 12.1. The van der Waals surface area contributed by atoms with Gasteiger partial charge in [-0.1, -0.05) is 12.1 Å². The molecule has 0 fully saturated rings. The smallest absolute Gasteiger partial charge is 0.403 e. The van der Waals surface area contributed by atoms with Crippen molar-refractivity contribution >= 4 is 12.6 Å². The first kappa shape index (κ1) is 15.8. The fourth-order valence-electron chi connectivity index (χ4n) is 1.52. The van der Waals surface area contributed by atoms with Crippen molar-refractivity contribution in [2.24, 2.45) is 0 Å². The van der Waals surface area contributed by atoms with E-state index in [0.29, 0.717) is 5.56 Å². The lowest BCUT2D eigenvalue weighted by Gasteiger charge is -2.30. The van der Waals surface area contributed by atoms with Crippen molar-refractivity contribution in [2.45, 2.75) is 52.7 Å². The molecule has 0 heterocycles. The minimum atomic E-state index is -0.437. The topological polar surface area (TPSA) is 42.2 Å². The van der Waals surface area contributed by atoms with Gasteiger partial charge >= 0.3 is 7.12 Å². The van der Waals surface area contributed by atoms with Crippen molar-refractivity contribution in [2.75, 3.05) is 0 Å². The third-order valence-electron chi connectivity index (χ3n) is 2.23. The first-order valence-electron chi connectivity index (χ1n) is 6.46. The van der Waals surface area contributed by atoms with Gasteiger partial charge in [-0.05, 0) is 59.1 Å². The van der Waals surface area contributed by atoms with Gasteiger partial charge in [0.05, 0.1) is 11.6 Å². The molecule has 0 aliphatic rings. The Morgan fingerprint density at radius 2 is 1.32 bits per heavy atom. The molecule has 1 aromatic rings. The summed E-state index contributed by atoms with van der Waals surface area (Å²) in [5.74, 6) is 0. The maximum absolute atomic E-state index is 8.83. The number of nitrogens with zero attached hydrogens (tertiary/aromatic N) is 1. The molecule has 0 amide bonds. The molecule has 1 rings (SSSR count). The van der Waals surface area contributed by atoms with Crippen molar-refractivity contribution in [1.82, 2.24) is 0 Å². The quantitative estimate of drug-likeness (QED) is 0.784. The van der Waals surface area contributed by atoms with Crippen LogP contribution in [0.25, 0.3) is 0 Å². The summed E-state index contributed by atoms with van der Waals surface area (Å²) in [4.78, 5) is 0. The van der Waals surface area contributed by atoms with Gasteiger partial charge in [-0.15, -0.1) is 0 Å². The maximum atomic E-state index is 8.83. The van der Waals surface area contributed by atoms with Crippen LogP contribution in [0, 0.1) is 11.3 Å². The first-order chi connectivity index (χ1) is 8.61. The molecule has 0 aromatic heterocycles. The number of nitriles is 1. The second kappa shape index (κ2) is 5.77. The third-order valence-corrected chi connectivity index (χ3v) is 2.23. The van der Waals surface area contributed by atoms with Gasteiger partial charge in [0.25, 0.3) is 0 Å². The monoisotopic (exact) mass is 259 g/mol. The minimum absolute atomic E-state index is 0.302. The van der Waals surface area contributed by atoms with Gasteiger partial charge in [0.1, 0.15) is 0 Å². The standard InChI is InChI=1S/C15H22BNO2/c1-14(2,3)18-16(19-15(4,5)6)13-9-7-12(11-17)8-10-13/h7-10H,1-6H3. The van der Waals surface area contributed by atoms with E-state index < -0.39 is 7.12 Å². The van der Waals surface area contributed by atoms with Crippen LogP contribution in [0.3, 0.4) is 0 Å². The molecule has 0 atom stereocenters. The van der Waals surface area contributed by atoms with Crippen molar-refractivity contribution in [1.29, 1.82) is 5.26 Å². The van der Waals surface area contributed by atoms with E-state index in [0.717, 1.165) is 5.46 Å². The Bertz CT molecular complexity index is 433. The zero-order chi connectivity index (χ0) is 14.7. The number of hydrogen-bond acceptors (Lipinski definition) is 3. The van der Waals surface area contributed by atoms with E-state index in [4.69, 9.17) is 14.6 Å². The van der Waals surface area contributed by atoms with Crippen LogP contribution in [0.5, 0.6) is 0 Å². The lowest BCUT2D eigenvalue weighted by molar-refractivity contribution is 0.0408. The zero-order valence-corrected chi connectivity index (χ0v) is 12.7. The molecule has 0 N–H and O–H groups in total. The third kappa shape index (κ3) is 5.91. The van der Waals surface area contributed by atoms with Gasteiger partial charge in [0, 0.05) is 11.2 Å². The highest BCUT2D eigenvalue weighted by atomic mass is 16.6. The highest BCUT2D eigenvalue weighted by Crippen LogP contribution is 2.15. The highest BCUT2D eigenvalue weighted by Gasteiger charge is 2.31. The van der Waals surface area contributed by atoms with E-state index in [1.54, 1.807) is 12.1 Å². The van der Waals surface area contributed by atoms with Gasteiger partial charge < -0.3 is 9.31 Å². The van der Waals surface area contributed by atoms with E-state index in [1.165, 1.54) is 0 Å². The van der Waals surface area contributed by atoms with E-state index in [1.807, 2.05) is 53.7 Å². The molecule has 0 saturated heterocycles. The molecule has 0 bridgehead atoms. The molecule has 0 aliphatic carbocycles. The Hall–Kier alpha value is -1.31. The lowest BCUT2D eigenvalue weighted by atomic mass is 9.76. The summed E-state index contributed by atoms with van der Waals surface area (Å²) in [6, 6.07) is 9.42. The van der Waals surface area contributed by atoms with Crippen molar-refractivity contribution in [3.8, 4) is 6.07 Å². The number of benzene rings is 1. The molecular formula is C15H22BNO2. The molecule has 3 nitrogen and oxygen atoms in total. The second-order valence-corrected chi connectivity index (χ2v) is 6.53. The Balaban J connectivity index is 2.98. The highest BCUT2D eigenvalue weighted by molar-refractivity contribution is 6.61. The fraction of sp³-hybridized carbons (Fsp3) is 0.533. The average molecular weight is 259 g/mol. The molecular weight excluding hydrogens is 237 g/mol. The Morgan fingerprint density at radius 1 is 0.895 bits per heavy atom. The molecule has 4 heteroatoms. The van der Waals surface area contributed by atoms with Crippen LogP contribution in [0.4, 0.5) is 0 Å². The Morgan fingerprint density at radius 3 is 1.63 bits per heavy atom. The van der Waals surface area contributed by atoms with Crippen molar-refractivity contribution < 1.29 is 9.31 Å². The summed E-state index contributed by atoms with van der Waals surface area (Å²) in [6.07, 6.45) is 0. The first-order valence-corrected chi connectivity index (χ1v) is 6.46. The maximum Gasteiger partial charge on any atom is 0.494 e. The van der Waals surface area contributed by atoms with Gasteiger partial charge in [-0.2, -0.15) is 5.26 Å². The number of rotatable bonds is 3. The minimum Gasteiger partial charge on any atom is -0.403 e. The Labute approximate surface area is 116 Å². The van der Waals surface area contributed by atoms with Gasteiger partial charge in [0.15, 0.2) is 0 Å². The fourth-order valence-corrected chi connectivity index (χ4v) is 1.52. The molecule has 19 heavy (non-hydrogen) atoms. The Kier molecular flexibility index (Phi) is 4.78. The van der Waals surface area contributed by atoms with Gasteiger partial charge in [-0.25, -0.2) is 0 Å². The van der Waals surface area contributed by atoms with Crippen LogP contribution in [-0.4, -0.2) is 18.3 Å². The van der Waals surface area contributed by atoms with Crippen LogP contribution < -0.4 is 5.46 Å². The van der Waals surface area contributed by atoms with Crippen LogP contribution in [0.15, 0.2) is 24.3 Å². The zero-order valence-electron chi connectivity index (χ0n) is 12.7. The molecule has 0 spiro atoms. The second-order valence-electron chi connectivity index (χ2n) is 6.53. The summed E-state index contributed by atoms with van der Waals surface area (Å²) in [5.41, 5.74) is 0.950. The van der Waals surface area contributed by atoms with Gasteiger partial charge in [-0.3, -0.25) is 0 Å². The largest absolute Gasteiger partial charge is 0.494 e. The van der Waals surface area contributed by atoms with E-state index >= 15 is 0 Å². The molecule has 0 aliphatic heterocycles. The van der Waals surface area contributed by atoms with Crippen LogP contribution in [0.1, 0.15) is 47.1 Å². The summed E-state index contributed by atoms with van der Waals surface area (Å²) < 4.78 is 11.9. The molecule has 0 radical (unpaired) electrons. The number of hydrogen-bond donors (Lipinski definition) is 0. The van der Waals surface area contributed by atoms with E-state index in [9.17, 15) is 0 Å². The van der Waals surface area contributed by atoms with Crippen molar-refractivity contribution in [3.05, 3.63) is 29.8 Å². The molecule has 1 aromatic carbocycles. The molecule has 0 saturated carbocycles. The van der Waals surface area contributed by atoms with Gasteiger partial charge in [0.2, 0.25) is 0 Å². The van der Waals surface area contributed by atoms with E-state index in [-0.39, 0.29) is 11.2 Å². The van der Waals surface area contributed by atoms with Crippen LogP contribution in [0.2, 0.25) is 0 Å².